The van der Waals surface area contributed by atoms with Crippen LogP contribution >= 0.6 is 23.2 Å². The van der Waals surface area contributed by atoms with Crippen LogP contribution in [-0.2, 0) is 0 Å². The molecule has 0 atom stereocenters. The predicted molar refractivity (Wildman–Crippen MR) is 109 cm³/mol. The number of halogens is 2. The van der Waals surface area contributed by atoms with Crippen LogP contribution in [0.15, 0.2) is 41.5 Å². The highest BCUT2D eigenvalue weighted by Crippen LogP contribution is 2.26. The molecule has 0 bridgehead atoms. The Labute approximate surface area is 169 Å². The lowest BCUT2D eigenvalue weighted by Crippen LogP contribution is -2.18. The van der Waals surface area contributed by atoms with Gasteiger partial charge in [0.25, 0.3) is 5.91 Å². The summed E-state index contributed by atoms with van der Waals surface area (Å²) in [6, 6.07) is 10.1. The van der Waals surface area contributed by atoms with Gasteiger partial charge in [0.1, 0.15) is 11.5 Å². The molecular weight excluding hydrogens is 387 g/mol. The highest BCUT2D eigenvalue weighted by molar-refractivity contribution is 6.36. The molecule has 0 aliphatic rings. The summed E-state index contributed by atoms with van der Waals surface area (Å²) in [5.41, 5.74) is 3.45. The standard InChI is InChI=1S/C20H22Cl2N2O3/c1-12(2)26-16-7-5-14(19(10-16)27-13(3)4)11-23-24-20(25)17-8-6-15(21)9-18(17)22/h5-13H,1-4H3,(H,24,25)/b23-11-. The van der Waals surface area contributed by atoms with Crippen LogP contribution in [0.25, 0.3) is 0 Å². The minimum Gasteiger partial charge on any atom is -0.491 e. The second kappa shape index (κ2) is 9.62. The van der Waals surface area contributed by atoms with Crippen LogP contribution in [-0.4, -0.2) is 24.3 Å². The van der Waals surface area contributed by atoms with Crippen LogP contribution in [0.4, 0.5) is 0 Å². The minimum absolute atomic E-state index is 0.0195. The van der Waals surface area contributed by atoms with Crippen LogP contribution in [0.1, 0.15) is 43.6 Å². The molecule has 0 saturated heterocycles. The third-order valence-electron chi connectivity index (χ3n) is 3.26. The molecule has 0 radical (unpaired) electrons. The predicted octanol–water partition coefficient (Wildman–Crippen LogP) is 5.33. The van der Waals surface area contributed by atoms with E-state index >= 15 is 0 Å². The smallest absolute Gasteiger partial charge is 0.272 e. The van der Waals surface area contributed by atoms with E-state index in [-0.39, 0.29) is 22.8 Å². The van der Waals surface area contributed by atoms with Gasteiger partial charge in [0.2, 0.25) is 0 Å². The highest BCUT2D eigenvalue weighted by Gasteiger charge is 2.11. The van der Waals surface area contributed by atoms with Gasteiger partial charge in [-0.2, -0.15) is 5.10 Å². The Hall–Kier alpha value is -2.24. The van der Waals surface area contributed by atoms with Crippen LogP contribution in [0, 0.1) is 0 Å². The summed E-state index contributed by atoms with van der Waals surface area (Å²) in [6.07, 6.45) is 1.55. The third kappa shape index (κ3) is 6.45. The Morgan fingerprint density at radius 3 is 2.37 bits per heavy atom. The zero-order valence-electron chi connectivity index (χ0n) is 15.6. The van der Waals surface area contributed by atoms with E-state index in [9.17, 15) is 4.79 Å². The highest BCUT2D eigenvalue weighted by atomic mass is 35.5. The molecule has 2 rings (SSSR count). The number of hydrogen-bond donors (Lipinski definition) is 1. The molecule has 144 valence electrons. The molecule has 0 aliphatic heterocycles. The average Bonchev–Trinajstić information content (AvgIpc) is 2.55. The zero-order chi connectivity index (χ0) is 20.0. The van der Waals surface area contributed by atoms with Gasteiger partial charge in [0, 0.05) is 16.7 Å². The number of nitrogens with one attached hydrogen (secondary N) is 1. The van der Waals surface area contributed by atoms with E-state index in [0.29, 0.717) is 22.1 Å². The van der Waals surface area contributed by atoms with Crippen LogP contribution in [0.3, 0.4) is 0 Å². The molecule has 5 nitrogen and oxygen atoms in total. The van der Waals surface area contributed by atoms with E-state index in [1.165, 1.54) is 12.3 Å². The molecule has 2 aromatic carbocycles. The molecule has 2 aromatic rings. The maximum Gasteiger partial charge on any atom is 0.272 e. The summed E-state index contributed by atoms with van der Waals surface area (Å²) in [6.45, 7) is 7.77. The number of nitrogens with zero attached hydrogens (tertiary/aromatic N) is 1. The lowest BCUT2D eigenvalue weighted by molar-refractivity contribution is 0.0955. The normalized spacial score (nSPS) is 11.3. The van der Waals surface area contributed by atoms with Gasteiger partial charge >= 0.3 is 0 Å². The van der Waals surface area contributed by atoms with E-state index in [0.717, 1.165) is 0 Å². The molecular formula is C20H22Cl2N2O3. The molecule has 0 saturated carbocycles. The molecule has 27 heavy (non-hydrogen) atoms. The third-order valence-corrected chi connectivity index (χ3v) is 3.81. The lowest BCUT2D eigenvalue weighted by Gasteiger charge is -2.15. The van der Waals surface area contributed by atoms with Crippen LogP contribution in [0.5, 0.6) is 11.5 Å². The fraction of sp³-hybridized carbons (Fsp3) is 0.300. The van der Waals surface area contributed by atoms with Crippen molar-refractivity contribution < 1.29 is 14.3 Å². The van der Waals surface area contributed by atoms with Crippen molar-refractivity contribution in [3.63, 3.8) is 0 Å². The second-order valence-electron chi connectivity index (χ2n) is 6.36. The first-order valence-corrected chi connectivity index (χ1v) is 9.27. The van der Waals surface area contributed by atoms with E-state index < -0.39 is 5.91 Å². The van der Waals surface area contributed by atoms with Crippen LogP contribution in [0.2, 0.25) is 10.0 Å². The number of rotatable bonds is 7. The molecule has 0 heterocycles. The molecule has 0 fully saturated rings. The van der Waals surface area contributed by atoms with Gasteiger partial charge in [-0.3, -0.25) is 4.79 Å². The first kappa shape index (κ1) is 21.1. The molecule has 0 aliphatic carbocycles. The Bertz CT molecular complexity index is 836. The van der Waals surface area contributed by atoms with Gasteiger partial charge in [0.15, 0.2) is 0 Å². The van der Waals surface area contributed by atoms with E-state index in [1.807, 2.05) is 39.8 Å². The van der Waals surface area contributed by atoms with Crippen molar-refractivity contribution in [3.8, 4) is 11.5 Å². The van der Waals surface area contributed by atoms with Gasteiger partial charge in [-0.1, -0.05) is 23.2 Å². The first-order chi connectivity index (χ1) is 12.8. The fourth-order valence-electron chi connectivity index (χ4n) is 2.22. The van der Waals surface area contributed by atoms with Crippen molar-refractivity contribution >= 4 is 35.3 Å². The van der Waals surface area contributed by atoms with Crippen LogP contribution < -0.4 is 14.9 Å². The maximum atomic E-state index is 12.2. The largest absolute Gasteiger partial charge is 0.491 e. The molecule has 0 unspecified atom stereocenters. The lowest BCUT2D eigenvalue weighted by atomic mass is 10.2. The first-order valence-electron chi connectivity index (χ1n) is 8.52. The molecule has 0 aromatic heterocycles. The second-order valence-corrected chi connectivity index (χ2v) is 7.20. The van der Waals surface area contributed by atoms with Gasteiger partial charge in [-0.25, -0.2) is 5.43 Å². The topological polar surface area (TPSA) is 59.9 Å². The molecule has 0 spiro atoms. The Kier molecular flexibility index (Phi) is 7.51. The van der Waals surface area contributed by atoms with Crippen molar-refractivity contribution in [2.75, 3.05) is 0 Å². The zero-order valence-corrected chi connectivity index (χ0v) is 17.1. The fourth-order valence-corrected chi connectivity index (χ4v) is 2.71. The van der Waals surface area contributed by atoms with Crippen molar-refractivity contribution in [2.45, 2.75) is 39.9 Å². The van der Waals surface area contributed by atoms with E-state index in [1.54, 1.807) is 18.2 Å². The summed E-state index contributed by atoms with van der Waals surface area (Å²) >= 11 is 11.9. The van der Waals surface area contributed by atoms with Crippen molar-refractivity contribution in [2.24, 2.45) is 5.10 Å². The Morgan fingerprint density at radius 1 is 1.04 bits per heavy atom. The number of benzene rings is 2. The van der Waals surface area contributed by atoms with Crippen molar-refractivity contribution in [1.82, 2.24) is 5.43 Å². The van der Waals surface area contributed by atoms with Crippen molar-refractivity contribution in [1.29, 1.82) is 0 Å². The van der Waals surface area contributed by atoms with Gasteiger partial charge in [-0.05, 0) is 58.0 Å². The quantitative estimate of drug-likeness (QED) is 0.497. The maximum absolute atomic E-state index is 12.2. The Balaban J connectivity index is 2.15. The molecule has 1 amide bonds. The molecule has 1 N–H and O–H groups in total. The number of ether oxygens (including phenoxy) is 2. The summed E-state index contributed by atoms with van der Waals surface area (Å²) in [4.78, 5) is 12.2. The summed E-state index contributed by atoms with van der Waals surface area (Å²) in [5, 5.41) is 4.72. The van der Waals surface area contributed by atoms with Gasteiger partial charge in [0.05, 0.1) is 29.0 Å². The number of hydrogen-bond acceptors (Lipinski definition) is 4. The monoisotopic (exact) mass is 408 g/mol. The summed E-state index contributed by atoms with van der Waals surface area (Å²) in [5.74, 6) is 0.888. The number of carbonyl (C=O) groups is 1. The van der Waals surface area contributed by atoms with Crippen molar-refractivity contribution in [3.05, 3.63) is 57.6 Å². The summed E-state index contributed by atoms with van der Waals surface area (Å²) in [7, 11) is 0. The average molecular weight is 409 g/mol. The number of amides is 1. The molecule has 7 heteroatoms. The van der Waals surface area contributed by atoms with Gasteiger partial charge in [-0.15, -0.1) is 0 Å². The minimum atomic E-state index is -0.431. The van der Waals surface area contributed by atoms with E-state index in [4.69, 9.17) is 32.7 Å². The van der Waals surface area contributed by atoms with Gasteiger partial charge < -0.3 is 9.47 Å². The number of carbonyl (C=O) groups excluding carboxylic acids is 1. The summed E-state index contributed by atoms with van der Waals surface area (Å²) < 4.78 is 11.5. The van der Waals surface area contributed by atoms with E-state index in [2.05, 4.69) is 10.5 Å². The SMILES string of the molecule is CC(C)Oc1ccc(/C=N\NC(=O)c2ccc(Cl)cc2Cl)c(OC(C)C)c1. The Morgan fingerprint density at radius 2 is 1.74 bits per heavy atom. The number of hydrazone groups is 1.